The lowest BCUT2D eigenvalue weighted by atomic mass is 10.2. The molecule has 0 aliphatic rings. The van der Waals surface area contributed by atoms with Gasteiger partial charge in [-0.2, -0.15) is 0 Å². The number of nitrogens with one attached hydrogen (secondary N) is 2. The summed E-state index contributed by atoms with van der Waals surface area (Å²) >= 11 is 0. The lowest BCUT2D eigenvalue weighted by molar-refractivity contribution is 1.39. The minimum absolute atomic E-state index is 1.14. The molecule has 0 saturated carbocycles. The van der Waals surface area contributed by atoms with E-state index in [1.165, 1.54) is 11.3 Å². The van der Waals surface area contributed by atoms with E-state index in [1.807, 2.05) is 14.1 Å². The zero-order valence-corrected chi connectivity index (χ0v) is 7.23. The third kappa shape index (κ3) is 1.64. The smallest absolute Gasteiger partial charge is 0.0388 e. The number of aryl methyl sites for hydroxylation is 1. The highest BCUT2D eigenvalue weighted by atomic mass is 14.9. The fourth-order valence-corrected chi connectivity index (χ4v) is 1.05. The van der Waals surface area contributed by atoms with E-state index in [4.69, 9.17) is 0 Å². The summed E-state index contributed by atoms with van der Waals surface area (Å²) in [6.07, 6.45) is 0. The SMILES string of the molecule is CNc1ccc(C)c(NC)c1. The Balaban J connectivity index is 3.02. The van der Waals surface area contributed by atoms with Gasteiger partial charge in [0, 0.05) is 25.5 Å². The fourth-order valence-electron chi connectivity index (χ4n) is 1.05. The normalized spacial score (nSPS) is 9.36. The van der Waals surface area contributed by atoms with Gasteiger partial charge in [-0.15, -0.1) is 0 Å². The minimum Gasteiger partial charge on any atom is -0.388 e. The maximum absolute atomic E-state index is 3.13. The van der Waals surface area contributed by atoms with Crippen LogP contribution in [0.15, 0.2) is 18.2 Å². The van der Waals surface area contributed by atoms with Gasteiger partial charge in [0.25, 0.3) is 0 Å². The van der Waals surface area contributed by atoms with E-state index >= 15 is 0 Å². The number of benzene rings is 1. The number of hydrogen-bond acceptors (Lipinski definition) is 2. The predicted molar refractivity (Wildman–Crippen MR) is 50.3 cm³/mol. The summed E-state index contributed by atoms with van der Waals surface area (Å²) in [4.78, 5) is 0. The van der Waals surface area contributed by atoms with Crippen LogP contribution in [0, 0.1) is 6.92 Å². The standard InChI is InChI=1S/C9H14N2/c1-7-4-5-8(10-2)6-9(7)11-3/h4-6,10-11H,1-3H3. The summed E-state index contributed by atoms with van der Waals surface area (Å²) in [5.74, 6) is 0. The summed E-state index contributed by atoms with van der Waals surface area (Å²) in [5, 5.41) is 6.22. The first-order valence-corrected chi connectivity index (χ1v) is 3.74. The molecule has 0 aliphatic heterocycles. The van der Waals surface area contributed by atoms with Crippen molar-refractivity contribution >= 4 is 11.4 Å². The van der Waals surface area contributed by atoms with Crippen molar-refractivity contribution in [3.63, 3.8) is 0 Å². The quantitative estimate of drug-likeness (QED) is 0.674. The third-order valence-electron chi connectivity index (χ3n) is 1.80. The Morgan fingerprint density at radius 2 is 1.82 bits per heavy atom. The molecule has 0 saturated heterocycles. The third-order valence-corrected chi connectivity index (χ3v) is 1.80. The molecule has 0 heterocycles. The van der Waals surface area contributed by atoms with Gasteiger partial charge >= 0.3 is 0 Å². The molecule has 1 aromatic rings. The first-order chi connectivity index (χ1) is 5.27. The maximum atomic E-state index is 3.13. The van der Waals surface area contributed by atoms with E-state index in [0.29, 0.717) is 0 Å². The molecule has 0 unspecified atom stereocenters. The van der Waals surface area contributed by atoms with Gasteiger partial charge in [0.1, 0.15) is 0 Å². The molecule has 1 rings (SSSR count). The van der Waals surface area contributed by atoms with Crippen molar-refractivity contribution in [1.82, 2.24) is 0 Å². The van der Waals surface area contributed by atoms with Gasteiger partial charge in [-0.05, 0) is 24.6 Å². The van der Waals surface area contributed by atoms with Gasteiger partial charge in [0.15, 0.2) is 0 Å². The second-order valence-corrected chi connectivity index (χ2v) is 2.53. The molecule has 2 N–H and O–H groups in total. The molecule has 0 aromatic heterocycles. The molecule has 0 radical (unpaired) electrons. The van der Waals surface area contributed by atoms with Crippen molar-refractivity contribution in [2.24, 2.45) is 0 Å². The van der Waals surface area contributed by atoms with Gasteiger partial charge in [-0.25, -0.2) is 0 Å². The number of anilines is 2. The lowest BCUT2D eigenvalue weighted by Gasteiger charge is -2.07. The summed E-state index contributed by atoms with van der Waals surface area (Å²) < 4.78 is 0. The molecule has 0 fully saturated rings. The Hall–Kier alpha value is -1.18. The van der Waals surface area contributed by atoms with Crippen molar-refractivity contribution in [3.8, 4) is 0 Å². The highest BCUT2D eigenvalue weighted by Gasteiger charge is 1.95. The molecule has 0 bridgehead atoms. The molecule has 2 heteroatoms. The van der Waals surface area contributed by atoms with E-state index in [0.717, 1.165) is 5.69 Å². The van der Waals surface area contributed by atoms with Crippen LogP contribution in [0.2, 0.25) is 0 Å². The van der Waals surface area contributed by atoms with E-state index in [2.05, 4.69) is 35.8 Å². The molecule has 0 spiro atoms. The average molecular weight is 150 g/mol. The van der Waals surface area contributed by atoms with Crippen LogP contribution in [0.4, 0.5) is 11.4 Å². The molecule has 60 valence electrons. The van der Waals surface area contributed by atoms with Gasteiger partial charge in [-0.3, -0.25) is 0 Å². The van der Waals surface area contributed by atoms with Gasteiger partial charge in [-0.1, -0.05) is 6.07 Å². The van der Waals surface area contributed by atoms with Crippen LogP contribution in [0.3, 0.4) is 0 Å². The Morgan fingerprint density at radius 3 is 2.36 bits per heavy atom. The zero-order chi connectivity index (χ0) is 8.27. The molecular weight excluding hydrogens is 136 g/mol. The molecule has 1 aromatic carbocycles. The van der Waals surface area contributed by atoms with Crippen LogP contribution in [-0.4, -0.2) is 14.1 Å². The van der Waals surface area contributed by atoms with E-state index in [9.17, 15) is 0 Å². The molecule has 0 atom stereocenters. The maximum Gasteiger partial charge on any atom is 0.0388 e. The zero-order valence-electron chi connectivity index (χ0n) is 7.23. The van der Waals surface area contributed by atoms with E-state index in [1.54, 1.807) is 0 Å². The Bertz CT molecular complexity index is 243. The minimum atomic E-state index is 1.14. The number of hydrogen-bond donors (Lipinski definition) is 2. The first kappa shape index (κ1) is 7.92. The molecule has 2 nitrogen and oxygen atoms in total. The highest BCUT2D eigenvalue weighted by Crippen LogP contribution is 2.18. The van der Waals surface area contributed by atoms with Crippen molar-refractivity contribution in [2.75, 3.05) is 24.7 Å². The first-order valence-electron chi connectivity index (χ1n) is 3.74. The molecule has 0 aliphatic carbocycles. The second-order valence-electron chi connectivity index (χ2n) is 2.53. The van der Waals surface area contributed by atoms with Crippen LogP contribution in [0.1, 0.15) is 5.56 Å². The number of rotatable bonds is 2. The van der Waals surface area contributed by atoms with Crippen molar-refractivity contribution in [3.05, 3.63) is 23.8 Å². The van der Waals surface area contributed by atoms with Crippen LogP contribution >= 0.6 is 0 Å². The highest BCUT2D eigenvalue weighted by molar-refractivity contribution is 5.60. The molecule has 11 heavy (non-hydrogen) atoms. The Morgan fingerprint density at radius 1 is 1.09 bits per heavy atom. The van der Waals surface area contributed by atoms with Crippen LogP contribution in [0.25, 0.3) is 0 Å². The van der Waals surface area contributed by atoms with Crippen molar-refractivity contribution in [2.45, 2.75) is 6.92 Å². The van der Waals surface area contributed by atoms with Crippen molar-refractivity contribution in [1.29, 1.82) is 0 Å². The second kappa shape index (κ2) is 3.28. The van der Waals surface area contributed by atoms with Crippen LogP contribution in [0.5, 0.6) is 0 Å². The van der Waals surface area contributed by atoms with Gasteiger partial charge < -0.3 is 10.6 Å². The fraction of sp³-hybridized carbons (Fsp3) is 0.333. The molecule has 0 amide bonds. The Kier molecular flexibility index (Phi) is 2.36. The van der Waals surface area contributed by atoms with Crippen molar-refractivity contribution < 1.29 is 0 Å². The summed E-state index contributed by atoms with van der Waals surface area (Å²) in [6.45, 7) is 2.09. The summed E-state index contributed by atoms with van der Waals surface area (Å²) in [6, 6.07) is 6.25. The molecular formula is C9H14N2. The lowest BCUT2D eigenvalue weighted by Crippen LogP contribution is -1.94. The van der Waals surface area contributed by atoms with E-state index in [-0.39, 0.29) is 0 Å². The Labute approximate surface area is 67.6 Å². The topological polar surface area (TPSA) is 24.1 Å². The van der Waals surface area contributed by atoms with E-state index < -0.39 is 0 Å². The summed E-state index contributed by atoms with van der Waals surface area (Å²) in [5.41, 5.74) is 3.59. The largest absolute Gasteiger partial charge is 0.388 e. The van der Waals surface area contributed by atoms with Gasteiger partial charge in [0.2, 0.25) is 0 Å². The predicted octanol–water partition coefficient (Wildman–Crippen LogP) is 2.08. The van der Waals surface area contributed by atoms with Gasteiger partial charge in [0.05, 0.1) is 0 Å². The monoisotopic (exact) mass is 150 g/mol. The average Bonchev–Trinajstić information content (AvgIpc) is 2.05. The van der Waals surface area contributed by atoms with Crippen LogP contribution in [-0.2, 0) is 0 Å². The summed E-state index contributed by atoms with van der Waals surface area (Å²) in [7, 11) is 3.85. The van der Waals surface area contributed by atoms with Crippen LogP contribution < -0.4 is 10.6 Å².